The van der Waals surface area contributed by atoms with Gasteiger partial charge in [0, 0.05) is 15.5 Å². The molecule has 3 nitrogen and oxygen atoms in total. The summed E-state index contributed by atoms with van der Waals surface area (Å²) in [7, 11) is 0. The van der Waals surface area contributed by atoms with Crippen LogP contribution in [-0.4, -0.2) is 9.97 Å². The van der Waals surface area contributed by atoms with Crippen LogP contribution in [0.3, 0.4) is 0 Å². The topological polar surface area (TPSA) is 37.8 Å². The van der Waals surface area contributed by atoms with Gasteiger partial charge in [0.15, 0.2) is 5.82 Å². The maximum Gasteiger partial charge on any atom is 0.163 e. The Kier molecular flexibility index (Phi) is 4.50. The van der Waals surface area contributed by atoms with Gasteiger partial charge in [-0.05, 0) is 79.5 Å². The molecule has 0 aliphatic heterocycles. The number of aromatic nitrogens is 2. The van der Waals surface area contributed by atoms with Gasteiger partial charge in [-0.15, -0.1) is 11.3 Å². The van der Waals surface area contributed by atoms with Crippen molar-refractivity contribution in [2.45, 2.75) is 44.6 Å². The molecule has 2 heterocycles. The van der Waals surface area contributed by atoms with E-state index >= 15 is 0 Å². The van der Waals surface area contributed by atoms with Crippen LogP contribution in [0.25, 0.3) is 21.6 Å². The van der Waals surface area contributed by atoms with Gasteiger partial charge in [0.25, 0.3) is 0 Å². The fourth-order valence-electron chi connectivity index (χ4n) is 4.90. The van der Waals surface area contributed by atoms with Crippen LogP contribution >= 0.6 is 22.9 Å². The Bertz CT molecular complexity index is 1250. The van der Waals surface area contributed by atoms with Gasteiger partial charge < -0.3 is 5.32 Å². The van der Waals surface area contributed by atoms with Crippen LogP contribution in [0.2, 0.25) is 5.02 Å². The average Bonchev–Trinajstić information content (AvgIpc) is 3.35. The number of hydrogen-bond acceptors (Lipinski definition) is 4. The summed E-state index contributed by atoms with van der Waals surface area (Å²) in [5.74, 6) is 1.76. The summed E-state index contributed by atoms with van der Waals surface area (Å²) in [5, 5.41) is 5.82. The third-order valence-corrected chi connectivity index (χ3v) is 7.79. The highest BCUT2D eigenvalue weighted by Gasteiger charge is 2.26. The number of rotatable bonds is 3. The fraction of sp³-hybridized carbons (Fsp3) is 0.280. The fourth-order valence-corrected chi connectivity index (χ4v) is 6.28. The molecule has 0 spiro atoms. The number of aryl methyl sites for hydroxylation is 3. The Labute approximate surface area is 185 Å². The molecular weight excluding hydrogens is 410 g/mol. The van der Waals surface area contributed by atoms with Crippen molar-refractivity contribution in [3.05, 3.63) is 75.1 Å². The molecule has 2 aromatic carbocycles. The number of hydrogen-bond donors (Lipinski definition) is 1. The van der Waals surface area contributed by atoms with Gasteiger partial charge >= 0.3 is 0 Å². The van der Waals surface area contributed by atoms with Crippen LogP contribution in [0.4, 0.5) is 5.82 Å². The molecule has 0 saturated carbocycles. The summed E-state index contributed by atoms with van der Waals surface area (Å²) in [6, 6.07) is 16.9. The molecule has 0 fully saturated rings. The highest BCUT2D eigenvalue weighted by Crippen LogP contribution is 2.42. The minimum absolute atomic E-state index is 0.295. The molecule has 0 radical (unpaired) electrons. The van der Waals surface area contributed by atoms with Crippen molar-refractivity contribution < 1.29 is 0 Å². The van der Waals surface area contributed by atoms with Gasteiger partial charge in [0.05, 0.1) is 11.4 Å². The zero-order chi connectivity index (χ0) is 20.1. The van der Waals surface area contributed by atoms with Gasteiger partial charge in [-0.2, -0.15) is 0 Å². The third-order valence-electron chi connectivity index (χ3n) is 6.35. The Morgan fingerprint density at radius 2 is 1.80 bits per heavy atom. The van der Waals surface area contributed by atoms with Crippen LogP contribution < -0.4 is 5.32 Å². The third kappa shape index (κ3) is 3.10. The number of anilines is 1. The number of benzene rings is 2. The first-order valence-electron chi connectivity index (χ1n) is 10.7. The van der Waals surface area contributed by atoms with Crippen molar-refractivity contribution in [3.63, 3.8) is 0 Å². The molecule has 2 aliphatic rings. The summed E-state index contributed by atoms with van der Waals surface area (Å²) in [6.07, 6.45) is 7.03. The van der Waals surface area contributed by atoms with E-state index < -0.39 is 0 Å². The minimum Gasteiger partial charge on any atom is -0.363 e. The molecule has 0 amide bonds. The molecule has 2 aromatic heterocycles. The zero-order valence-corrected chi connectivity index (χ0v) is 18.2. The van der Waals surface area contributed by atoms with E-state index in [1.807, 2.05) is 35.6 Å². The maximum atomic E-state index is 6.10. The molecule has 5 heteroatoms. The summed E-state index contributed by atoms with van der Waals surface area (Å²) < 4.78 is 0. The van der Waals surface area contributed by atoms with Crippen LogP contribution in [0.15, 0.2) is 48.5 Å². The van der Waals surface area contributed by atoms with Gasteiger partial charge in [-0.1, -0.05) is 35.9 Å². The largest absolute Gasteiger partial charge is 0.363 e. The smallest absolute Gasteiger partial charge is 0.163 e. The first kappa shape index (κ1) is 18.3. The Morgan fingerprint density at radius 3 is 2.70 bits per heavy atom. The molecule has 0 bridgehead atoms. The van der Waals surface area contributed by atoms with Crippen molar-refractivity contribution >= 4 is 39.0 Å². The van der Waals surface area contributed by atoms with E-state index in [1.165, 1.54) is 46.2 Å². The van der Waals surface area contributed by atoms with E-state index in [4.69, 9.17) is 21.6 Å². The second-order valence-corrected chi connectivity index (χ2v) is 9.75. The summed E-state index contributed by atoms with van der Waals surface area (Å²) in [5.41, 5.74) is 5.33. The molecule has 0 saturated heterocycles. The lowest BCUT2D eigenvalue weighted by atomic mass is 9.87. The van der Waals surface area contributed by atoms with Gasteiger partial charge in [-0.25, -0.2) is 9.97 Å². The van der Waals surface area contributed by atoms with Crippen molar-refractivity contribution in [1.29, 1.82) is 0 Å². The molecule has 150 valence electrons. The van der Waals surface area contributed by atoms with Crippen LogP contribution in [0.1, 0.15) is 46.9 Å². The Morgan fingerprint density at radius 1 is 0.933 bits per heavy atom. The molecule has 6 rings (SSSR count). The lowest BCUT2D eigenvalue weighted by Gasteiger charge is -2.27. The first-order chi connectivity index (χ1) is 14.8. The van der Waals surface area contributed by atoms with Crippen molar-refractivity contribution in [3.8, 4) is 11.4 Å². The normalized spacial score (nSPS) is 17.7. The molecule has 1 atom stereocenters. The summed E-state index contributed by atoms with van der Waals surface area (Å²) in [6.45, 7) is 0. The van der Waals surface area contributed by atoms with E-state index in [0.29, 0.717) is 6.04 Å². The SMILES string of the molecule is Clc1ccc(-c2nc(N[C@H]3CCCc4ccccc43)c3c4c(sc3n2)CCC4)cc1. The van der Waals surface area contributed by atoms with Gasteiger partial charge in [-0.3, -0.25) is 0 Å². The van der Waals surface area contributed by atoms with E-state index in [1.54, 1.807) is 0 Å². The van der Waals surface area contributed by atoms with Gasteiger partial charge in [0.2, 0.25) is 0 Å². The van der Waals surface area contributed by atoms with E-state index in [0.717, 1.165) is 46.3 Å². The lowest BCUT2D eigenvalue weighted by molar-refractivity contribution is 0.599. The highest BCUT2D eigenvalue weighted by atomic mass is 35.5. The van der Waals surface area contributed by atoms with Crippen LogP contribution in [0, 0.1) is 0 Å². The number of thiophene rings is 1. The zero-order valence-electron chi connectivity index (χ0n) is 16.6. The summed E-state index contributed by atoms with van der Waals surface area (Å²) >= 11 is 7.94. The Balaban J connectivity index is 1.49. The molecule has 4 aromatic rings. The summed E-state index contributed by atoms with van der Waals surface area (Å²) in [4.78, 5) is 12.6. The van der Waals surface area contributed by atoms with E-state index in [9.17, 15) is 0 Å². The quantitative estimate of drug-likeness (QED) is 0.379. The van der Waals surface area contributed by atoms with Crippen LogP contribution in [0.5, 0.6) is 0 Å². The van der Waals surface area contributed by atoms with E-state index in [2.05, 4.69) is 29.6 Å². The first-order valence-corrected chi connectivity index (χ1v) is 11.9. The standard InChI is InChI=1S/C25H22ClN3S/c26-17-13-11-16(12-14-17)23-28-24(22-19-8-4-10-21(19)30-25(22)29-23)27-20-9-3-6-15-5-1-2-7-18(15)20/h1-2,5,7,11-14,20H,3-4,6,8-10H2,(H,27,28,29)/t20-/m0/s1. The molecule has 0 unspecified atom stereocenters. The Hall–Kier alpha value is -2.43. The molecule has 2 aliphatic carbocycles. The van der Waals surface area contributed by atoms with Gasteiger partial charge in [0.1, 0.15) is 10.6 Å². The lowest BCUT2D eigenvalue weighted by Crippen LogP contribution is -2.18. The predicted octanol–water partition coefficient (Wildman–Crippen LogP) is 6.99. The number of nitrogens with one attached hydrogen (secondary N) is 1. The minimum atomic E-state index is 0.295. The monoisotopic (exact) mass is 431 g/mol. The number of halogens is 1. The second-order valence-electron chi connectivity index (χ2n) is 8.23. The maximum absolute atomic E-state index is 6.10. The van der Waals surface area contributed by atoms with Crippen molar-refractivity contribution in [2.24, 2.45) is 0 Å². The molecule has 1 N–H and O–H groups in total. The second kappa shape index (κ2) is 7.36. The number of nitrogens with zero attached hydrogens (tertiary/aromatic N) is 2. The average molecular weight is 432 g/mol. The van der Waals surface area contributed by atoms with E-state index in [-0.39, 0.29) is 0 Å². The molecule has 30 heavy (non-hydrogen) atoms. The number of fused-ring (bicyclic) bond motifs is 4. The van der Waals surface area contributed by atoms with Crippen molar-refractivity contribution in [1.82, 2.24) is 9.97 Å². The predicted molar refractivity (Wildman–Crippen MR) is 126 cm³/mol. The highest BCUT2D eigenvalue weighted by molar-refractivity contribution is 7.19. The van der Waals surface area contributed by atoms with Crippen LogP contribution in [-0.2, 0) is 19.3 Å². The van der Waals surface area contributed by atoms with Crippen molar-refractivity contribution in [2.75, 3.05) is 5.32 Å². The molecular formula is C25H22ClN3S.